The molecule has 0 spiro atoms. The molecule has 0 bridgehead atoms. The molecule has 0 aromatic rings. The first-order valence-electron chi connectivity index (χ1n) is 6.50. The third-order valence-corrected chi connectivity index (χ3v) is 5.26. The van der Waals surface area contributed by atoms with Crippen LogP contribution >= 0.6 is 15.9 Å². The van der Waals surface area contributed by atoms with E-state index in [0.717, 1.165) is 5.92 Å². The van der Waals surface area contributed by atoms with E-state index in [1.54, 1.807) is 0 Å². The van der Waals surface area contributed by atoms with Gasteiger partial charge in [-0.1, -0.05) is 35.7 Å². The van der Waals surface area contributed by atoms with Gasteiger partial charge in [0.2, 0.25) is 0 Å². The Labute approximate surface area is 103 Å². The predicted octanol–water partition coefficient (Wildman–Crippen LogP) is 3.67. The van der Waals surface area contributed by atoms with Gasteiger partial charge in [-0.3, -0.25) is 0 Å². The Morgan fingerprint density at radius 2 is 1.80 bits per heavy atom. The summed E-state index contributed by atoms with van der Waals surface area (Å²) < 4.78 is 0. The molecule has 2 heteroatoms. The van der Waals surface area contributed by atoms with Crippen LogP contribution in [0.1, 0.15) is 45.4 Å². The van der Waals surface area contributed by atoms with E-state index in [0.29, 0.717) is 5.41 Å². The number of likely N-dealkylation sites (tertiary alicyclic amines) is 1. The van der Waals surface area contributed by atoms with Crippen LogP contribution in [0, 0.1) is 11.3 Å². The van der Waals surface area contributed by atoms with Crippen molar-refractivity contribution in [2.45, 2.75) is 45.4 Å². The van der Waals surface area contributed by atoms with Gasteiger partial charge in [0.05, 0.1) is 0 Å². The number of nitrogens with zero attached hydrogens (tertiary/aromatic N) is 1. The molecule has 2 rings (SSSR count). The van der Waals surface area contributed by atoms with Crippen LogP contribution in [0.2, 0.25) is 0 Å². The molecule has 2 fully saturated rings. The molecule has 15 heavy (non-hydrogen) atoms. The van der Waals surface area contributed by atoms with Crippen molar-refractivity contribution in [2.75, 3.05) is 25.0 Å². The third kappa shape index (κ3) is 3.20. The lowest BCUT2D eigenvalue weighted by atomic mass is 9.87. The minimum Gasteiger partial charge on any atom is -0.303 e. The molecule has 0 N–H and O–H groups in total. The Kier molecular flexibility index (Phi) is 4.11. The maximum atomic E-state index is 3.61. The van der Waals surface area contributed by atoms with Crippen LogP contribution in [-0.2, 0) is 0 Å². The molecule has 0 amide bonds. The molecule has 0 aromatic carbocycles. The highest BCUT2D eigenvalue weighted by Crippen LogP contribution is 2.38. The standard InChI is InChI=1S/C13H24BrN/c1-13(6-2-3-7-13)11-15-8-4-12(10-14)5-9-15/h12H,2-11H2,1H3. The molecular formula is C13H24BrN. The van der Waals surface area contributed by atoms with Gasteiger partial charge >= 0.3 is 0 Å². The highest BCUT2D eigenvalue weighted by molar-refractivity contribution is 9.09. The lowest BCUT2D eigenvalue weighted by molar-refractivity contribution is 0.127. The summed E-state index contributed by atoms with van der Waals surface area (Å²) in [4.78, 5) is 2.71. The molecular weight excluding hydrogens is 250 g/mol. The Balaban J connectivity index is 1.76. The summed E-state index contributed by atoms with van der Waals surface area (Å²) >= 11 is 3.61. The Bertz CT molecular complexity index is 191. The van der Waals surface area contributed by atoms with Crippen molar-refractivity contribution in [1.29, 1.82) is 0 Å². The molecule has 1 heterocycles. The Hall–Kier alpha value is 0.440. The van der Waals surface area contributed by atoms with Gasteiger partial charge < -0.3 is 4.90 Å². The highest BCUT2D eigenvalue weighted by atomic mass is 79.9. The molecule has 1 saturated heterocycles. The van der Waals surface area contributed by atoms with Gasteiger partial charge in [-0.25, -0.2) is 0 Å². The molecule has 0 aromatic heterocycles. The SMILES string of the molecule is CC1(CN2CCC(CBr)CC2)CCCC1. The van der Waals surface area contributed by atoms with Crippen LogP contribution in [-0.4, -0.2) is 29.9 Å². The summed E-state index contributed by atoms with van der Waals surface area (Å²) in [6.07, 6.45) is 8.67. The maximum absolute atomic E-state index is 3.61. The van der Waals surface area contributed by atoms with E-state index >= 15 is 0 Å². The quantitative estimate of drug-likeness (QED) is 0.710. The first-order valence-corrected chi connectivity index (χ1v) is 7.62. The van der Waals surface area contributed by atoms with Gasteiger partial charge in [0.15, 0.2) is 0 Å². The summed E-state index contributed by atoms with van der Waals surface area (Å²) in [7, 11) is 0. The number of hydrogen-bond acceptors (Lipinski definition) is 1. The van der Waals surface area contributed by atoms with Crippen LogP contribution in [0.25, 0.3) is 0 Å². The van der Waals surface area contributed by atoms with Gasteiger partial charge in [0, 0.05) is 11.9 Å². The van der Waals surface area contributed by atoms with E-state index in [1.165, 1.54) is 63.5 Å². The van der Waals surface area contributed by atoms with E-state index < -0.39 is 0 Å². The van der Waals surface area contributed by atoms with Gasteiger partial charge in [-0.05, 0) is 50.1 Å². The van der Waals surface area contributed by atoms with Crippen molar-refractivity contribution < 1.29 is 0 Å². The van der Waals surface area contributed by atoms with E-state index in [9.17, 15) is 0 Å². The molecule has 0 atom stereocenters. The summed E-state index contributed by atoms with van der Waals surface area (Å²) in [5, 5.41) is 1.21. The van der Waals surface area contributed by atoms with Crippen molar-refractivity contribution in [3.63, 3.8) is 0 Å². The fourth-order valence-corrected chi connectivity index (χ4v) is 3.87. The van der Waals surface area contributed by atoms with Crippen LogP contribution < -0.4 is 0 Å². The molecule has 0 unspecified atom stereocenters. The predicted molar refractivity (Wildman–Crippen MR) is 69.5 cm³/mol. The van der Waals surface area contributed by atoms with Crippen molar-refractivity contribution in [3.8, 4) is 0 Å². The van der Waals surface area contributed by atoms with Crippen molar-refractivity contribution >= 4 is 15.9 Å². The summed E-state index contributed by atoms with van der Waals surface area (Å²) in [6, 6.07) is 0. The molecule has 0 radical (unpaired) electrons. The molecule has 1 aliphatic carbocycles. The maximum Gasteiger partial charge on any atom is 0.00606 e. The minimum absolute atomic E-state index is 0.654. The second kappa shape index (κ2) is 5.18. The van der Waals surface area contributed by atoms with E-state index in [2.05, 4.69) is 27.8 Å². The van der Waals surface area contributed by atoms with Crippen molar-refractivity contribution in [2.24, 2.45) is 11.3 Å². The molecule has 88 valence electrons. The highest BCUT2D eigenvalue weighted by Gasteiger charge is 2.31. The Morgan fingerprint density at radius 1 is 1.20 bits per heavy atom. The monoisotopic (exact) mass is 273 g/mol. The van der Waals surface area contributed by atoms with Crippen LogP contribution in [0.4, 0.5) is 0 Å². The van der Waals surface area contributed by atoms with E-state index in [-0.39, 0.29) is 0 Å². The number of rotatable bonds is 3. The summed E-state index contributed by atoms with van der Waals surface area (Å²) in [6.45, 7) is 6.54. The average Bonchev–Trinajstić information content (AvgIpc) is 2.66. The van der Waals surface area contributed by atoms with Gasteiger partial charge in [0.25, 0.3) is 0 Å². The second-order valence-corrected chi connectivity index (χ2v) is 6.54. The first kappa shape index (κ1) is 11.9. The normalized spacial score (nSPS) is 28.4. The second-order valence-electron chi connectivity index (χ2n) is 5.89. The minimum atomic E-state index is 0.654. The van der Waals surface area contributed by atoms with E-state index in [4.69, 9.17) is 0 Å². The lowest BCUT2D eigenvalue weighted by Gasteiger charge is -2.37. The molecule has 1 saturated carbocycles. The number of piperidine rings is 1. The average molecular weight is 274 g/mol. The zero-order valence-electron chi connectivity index (χ0n) is 9.97. The fraction of sp³-hybridized carbons (Fsp3) is 1.00. The number of halogens is 1. The van der Waals surface area contributed by atoms with Crippen LogP contribution in [0.3, 0.4) is 0 Å². The number of alkyl halides is 1. The molecule has 2 aliphatic rings. The molecule has 1 nitrogen and oxygen atoms in total. The van der Waals surface area contributed by atoms with Crippen LogP contribution in [0.15, 0.2) is 0 Å². The smallest absolute Gasteiger partial charge is 0.00606 e. The van der Waals surface area contributed by atoms with Gasteiger partial charge in [-0.15, -0.1) is 0 Å². The largest absolute Gasteiger partial charge is 0.303 e. The zero-order valence-corrected chi connectivity index (χ0v) is 11.6. The van der Waals surface area contributed by atoms with Crippen LogP contribution in [0.5, 0.6) is 0 Å². The lowest BCUT2D eigenvalue weighted by Crippen LogP contribution is -2.40. The number of hydrogen-bond donors (Lipinski definition) is 0. The Morgan fingerprint density at radius 3 is 2.33 bits per heavy atom. The fourth-order valence-electron chi connectivity index (χ4n) is 3.23. The zero-order chi connectivity index (χ0) is 10.7. The van der Waals surface area contributed by atoms with Gasteiger partial charge in [-0.2, -0.15) is 0 Å². The summed E-state index contributed by atoms with van der Waals surface area (Å²) in [5.74, 6) is 0.942. The molecule has 1 aliphatic heterocycles. The summed E-state index contributed by atoms with van der Waals surface area (Å²) in [5.41, 5.74) is 0.654. The topological polar surface area (TPSA) is 3.24 Å². The van der Waals surface area contributed by atoms with E-state index in [1.807, 2.05) is 0 Å². The van der Waals surface area contributed by atoms with Crippen molar-refractivity contribution in [3.05, 3.63) is 0 Å². The van der Waals surface area contributed by atoms with Gasteiger partial charge in [0.1, 0.15) is 0 Å². The first-order chi connectivity index (χ1) is 7.22. The third-order valence-electron chi connectivity index (χ3n) is 4.34. The van der Waals surface area contributed by atoms with Crippen molar-refractivity contribution in [1.82, 2.24) is 4.90 Å².